The van der Waals surface area contributed by atoms with E-state index in [0.29, 0.717) is 6.29 Å². The van der Waals surface area contributed by atoms with Crippen molar-refractivity contribution >= 4 is 6.29 Å². The molecule has 2 N–H and O–H groups in total. The van der Waals surface area contributed by atoms with Crippen LogP contribution in [0.4, 0.5) is 0 Å². The molecule has 0 aromatic rings. The smallest absolute Gasteiger partial charge is 0.128 e. The van der Waals surface area contributed by atoms with Gasteiger partial charge in [0.2, 0.25) is 0 Å². The second-order valence-electron chi connectivity index (χ2n) is 2.19. The van der Waals surface area contributed by atoms with Crippen molar-refractivity contribution in [3.05, 3.63) is 0 Å². The van der Waals surface area contributed by atoms with Gasteiger partial charge in [-0.1, -0.05) is 0 Å². The summed E-state index contributed by atoms with van der Waals surface area (Å²) in [6, 6.07) is 0. The minimum Gasteiger partial charge on any atom is -0.393 e. The van der Waals surface area contributed by atoms with E-state index in [1.165, 1.54) is 13.8 Å². The van der Waals surface area contributed by atoms with Crippen LogP contribution < -0.4 is 0 Å². The third kappa shape index (κ3) is 2.58. The first-order valence-corrected chi connectivity index (χ1v) is 2.91. The summed E-state index contributed by atoms with van der Waals surface area (Å²) < 4.78 is 0. The van der Waals surface area contributed by atoms with Crippen LogP contribution in [0.2, 0.25) is 0 Å². The van der Waals surface area contributed by atoms with Crippen molar-refractivity contribution in [2.24, 2.45) is 5.92 Å². The highest BCUT2D eigenvalue weighted by atomic mass is 16.3. The molecule has 0 saturated heterocycles. The first kappa shape index (κ1) is 8.59. The highest BCUT2D eigenvalue weighted by Gasteiger charge is 2.18. The molecule has 3 heteroatoms. The average Bonchev–Trinajstić information content (AvgIpc) is 1.64. The van der Waals surface area contributed by atoms with Crippen LogP contribution >= 0.6 is 0 Å². The molecule has 0 aliphatic carbocycles. The normalized spacial score (nSPS) is 20.4. The van der Waals surface area contributed by atoms with Crippen molar-refractivity contribution in [3.8, 4) is 0 Å². The number of carbonyl (C=O) groups excluding carboxylic acids is 1. The molecule has 0 fully saturated rings. The van der Waals surface area contributed by atoms with Crippen LogP contribution in [-0.2, 0) is 4.79 Å². The first-order chi connectivity index (χ1) is 4.09. The zero-order chi connectivity index (χ0) is 7.44. The Kier molecular flexibility index (Phi) is 3.42. The van der Waals surface area contributed by atoms with Crippen LogP contribution in [0, 0.1) is 5.92 Å². The number of rotatable bonds is 3. The molecule has 54 valence electrons. The average molecular weight is 132 g/mol. The van der Waals surface area contributed by atoms with Gasteiger partial charge in [0.1, 0.15) is 6.29 Å². The lowest BCUT2D eigenvalue weighted by molar-refractivity contribution is -0.117. The van der Waals surface area contributed by atoms with Gasteiger partial charge < -0.3 is 15.0 Å². The third-order valence-electron chi connectivity index (χ3n) is 1.27. The Morgan fingerprint density at radius 2 is 1.56 bits per heavy atom. The number of aliphatic hydroxyl groups excluding tert-OH is 2. The minimum atomic E-state index is -0.762. The number of aldehydes is 1. The molecule has 0 bridgehead atoms. The van der Waals surface area contributed by atoms with E-state index in [1.807, 2.05) is 0 Å². The summed E-state index contributed by atoms with van der Waals surface area (Å²) in [7, 11) is 0. The van der Waals surface area contributed by atoms with Gasteiger partial charge in [0.15, 0.2) is 0 Å². The Labute approximate surface area is 54.3 Å². The van der Waals surface area contributed by atoms with Crippen molar-refractivity contribution in [2.75, 3.05) is 0 Å². The second-order valence-corrected chi connectivity index (χ2v) is 2.19. The van der Waals surface area contributed by atoms with E-state index in [9.17, 15) is 4.79 Å². The number of aliphatic hydroxyl groups is 2. The van der Waals surface area contributed by atoms with E-state index < -0.39 is 18.1 Å². The van der Waals surface area contributed by atoms with E-state index in [4.69, 9.17) is 10.2 Å². The zero-order valence-corrected chi connectivity index (χ0v) is 5.61. The van der Waals surface area contributed by atoms with E-state index in [1.54, 1.807) is 0 Å². The lowest BCUT2D eigenvalue weighted by atomic mass is 10.0. The zero-order valence-electron chi connectivity index (χ0n) is 5.61. The third-order valence-corrected chi connectivity index (χ3v) is 1.27. The predicted octanol–water partition coefficient (Wildman–Crippen LogP) is -0.437. The summed E-state index contributed by atoms with van der Waals surface area (Å²) in [6.07, 6.45) is -0.958. The van der Waals surface area contributed by atoms with Crippen molar-refractivity contribution in [1.29, 1.82) is 0 Å². The first-order valence-electron chi connectivity index (χ1n) is 2.91. The summed E-state index contributed by atoms with van der Waals surface area (Å²) in [5.74, 6) is -0.648. The maximum atomic E-state index is 10.1. The molecule has 0 aliphatic heterocycles. The van der Waals surface area contributed by atoms with Gasteiger partial charge in [-0.05, 0) is 13.8 Å². The quantitative estimate of drug-likeness (QED) is 0.512. The summed E-state index contributed by atoms with van der Waals surface area (Å²) in [5, 5.41) is 17.6. The summed E-state index contributed by atoms with van der Waals surface area (Å²) in [6.45, 7) is 2.96. The van der Waals surface area contributed by atoms with Crippen LogP contribution in [0.1, 0.15) is 13.8 Å². The Balaban J connectivity index is 3.82. The van der Waals surface area contributed by atoms with Gasteiger partial charge >= 0.3 is 0 Å². The standard InChI is InChI=1S/C6H12O3/c1-4(8)6(3-7)5(2)9/h3-6,8-9H,1-2H3. The van der Waals surface area contributed by atoms with E-state index in [2.05, 4.69) is 0 Å². The molecule has 0 aliphatic rings. The molecular weight excluding hydrogens is 120 g/mol. The minimum absolute atomic E-state index is 0.565. The molecule has 2 unspecified atom stereocenters. The topological polar surface area (TPSA) is 57.5 Å². The lowest BCUT2D eigenvalue weighted by Gasteiger charge is -2.15. The number of hydrogen-bond donors (Lipinski definition) is 2. The number of carbonyl (C=O) groups is 1. The van der Waals surface area contributed by atoms with Crippen LogP contribution in [0.5, 0.6) is 0 Å². The lowest BCUT2D eigenvalue weighted by Crippen LogP contribution is -2.28. The Bertz CT molecular complexity index is 80.3. The molecule has 0 saturated carbocycles. The molecular formula is C6H12O3. The maximum Gasteiger partial charge on any atom is 0.128 e. The Morgan fingerprint density at radius 3 is 1.56 bits per heavy atom. The fraction of sp³-hybridized carbons (Fsp3) is 0.833. The highest BCUT2D eigenvalue weighted by Crippen LogP contribution is 2.04. The van der Waals surface area contributed by atoms with Gasteiger partial charge in [0, 0.05) is 0 Å². The SMILES string of the molecule is CC(O)C(C=O)C(C)O. The van der Waals surface area contributed by atoms with Crippen molar-refractivity contribution in [2.45, 2.75) is 26.1 Å². The van der Waals surface area contributed by atoms with Gasteiger partial charge in [-0.15, -0.1) is 0 Å². The molecule has 9 heavy (non-hydrogen) atoms. The Hall–Kier alpha value is -0.410. The molecule has 0 rings (SSSR count). The molecule has 0 spiro atoms. The van der Waals surface area contributed by atoms with Gasteiger partial charge in [-0.2, -0.15) is 0 Å². The molecule has 0 heterocycles. The molecule has 2 atom stereocenters. The molecule has 0 radical (unpaired) electrons. The van der Waals surface area contributed by atoms with Crippen LogP contribution in [-0.4, -0.2) is 28.7 Å². The molecule has 0 amide bonds. The van der Waals surface area contributed by atoms with Crippen molar-refractivity contribution in [1.82, 2.24) is 0 Å². The fourth-order valence-corrected chi connectivity index (χ4v) is 0.630. The Morgan fingerprint density at radius 1 is 1.22 bits per heavy atom. The van der Waals surface area contributed by atoms with Crippen LogP contribution in [0.3, 0.4) is 0 Å². The van der Waals surface area contributed by atoms with E-state index in [-0.39, 0.29) is 0 Å². The van der Waals surface area contributed by atoms with Gasteiger partial charge in [-0.25, -0.2) is 0 Å². The second kappa shape index (κ2) is 3.58. The van der Waals surface area contributed by atoms with E-state index in [0.717, 1.165) is 0 Å². The highest BCUT2D eigenvalue weighted by molar-refractivity contribution is 5.55. The molecule has 3 nitrogen and oxygen atoms in total. The van der Waals surface area contributed by atoms with Crippen LogP contribution in [0.15, 0.2) is 0 Å². The van der Waals surface area contributed by atoms with Crippen molar-refractivity contribution in [3.63, 3.8) is 0 Å². The molecule has 0 aromatic heterocycles. The maximum absolute atomic E-state index is 10.1. The largest absolute Gasteiger partial charge is 0.393 e. The van der Waals surface area contributed by atoms with Crippen molar-refractivity contribution < 1.29 is 15.0 Å². The molecule has 0 aromatic carbocycles. The fourth-order valence-electron chi connectivity index (χ4n) is 0.630. The number of hydrogen-bond acceptors (Lipinski definition) is 3. The summed E-state index contributed by atoms with van der Waals surface area (Å²) in [4.78, 5) is 10.1. The van der Waals surface area contributed by atoms with E-state index >= 15 is 0 Å². The predicted molar refractivity (Wildman–Crippen MR) is 32.9 cm³/mol. The summed E-state index contributed by atoms with van der Waals surface area (Å²) in [5.41, 5.74) is 0. The monoisotopic (exact) mass is 132 g/mol. The van der Waals surface area contributed by atoms with Gasteiger partial charge in [0.05, 0.1) is 18.1 Å². The van der Waals surface area contributed by atoms with Gasteiger partial charge in [0.25, 0.3) is 0 Å². The van der Waals surface area contributed by atoms with Crippen LogP contribution in [0.25, 0.3) is 0 Å². The summed E-state index contributed by atoms with van der Waals surface area (Å²) >= 11 is 0. The van der Waals surface area contributed by atoms with Gasteiger partial charge in [-0.3, -0.25) is 0 Å².